The van der Waals surface area contributed by atoms with Crippen LogP contribution in [0.5, 0.6) is 5.75 Å². The maximum atomic E-state index is 14.4. The van der Waals surface area contributed by atoms with Crippen LogP contribution in [0.2, 0.25) is 0 Å². The van der Waals surface area contributed by atoms with E-state index in [1.54, 1.807) is 48.0 Å². The minimum Gasteiger partial charge on any atom is -0.489 e. The Balaban J connectivity index is 1.52. The molecule has 1 aliphatic heterocycles. The largest absolute Gasteiger partial charge is 0.489 e. The van der Waals surface area contributed by atoms with Gasteiger partial charge in [0.05, 0.1) is 40.2 Å². The predicted molar refractivity (Wildman–Crippen MR) is 192 cm³/mol. The molecule has 3 aromatic carbocycles. The number of nitrogens with zero attached hydrogens (tertiary/aromatic N) is 4. The second-order valence-corrected chi connectivity index (χ2v) is 12.4. The minimum absolute atomic E-state index is 0.0109. The van der Waals surface area contributed by atoms with E-state index in [-0.39, 0.29) is 17.7 Å². The van der Waals surface area contributed by atoms with Gasteiger partial charge < -0.3 is 14.2 Å². The normalized spacial score (nSPS) is 14.1. The number of hydrogen-bond donors (Lipinski definition) is 0. The highest BCUT2D eigenvalue weighted by molar-refractivity contribution is 7.07. The third-order valence-electron chi connectivity index (χ3n) is 8.08. The van der Waals surface area contributed by atoms with E-state index >= 15 is 0 Å². The van der Waals surface area contributed by atoms with Gasteiger partial charge in [0.1, 0.15) is 24.7 Å². The molecule has 0 N–H and O–H groups in total. The van der Waals surface area contributed by atoms with Gasteiger partial charge in [-0.3, -0.25) is 9.36 Å². The van der Waals surface area contributed by atoms with Crippen molar-refractivity contribution in [3.05, 3.63) is 158 Å². The summed E-state index contributed by atoms with van der Waals surface area (Å²) in [5.74, 6) is -0.382. The molecule has 0 saturated heterocycles. The molecule has 50 heavy (non-hydrogen) atoms. The van der Waals surface area contributed by atoms with Gasteiger partial charge in [-0.2, -0.15) is 5.10 Å². The smallest absolute Gasteiger partial charge is 0.338 e. The molecule has 1 atom stereocenters. The Morgan fingerprint density at radius 2 is 1.70 bits per heavy atom. The van der Waals surface area contributed by atoms with Gasteiger partial charge >= 0.3 is 11.9 Å². The summed E-state index contributed by atoms with van der Waals surface area (Å²) in [6, 6.07) is 21.2. The van der Waals surface area contributed by atoms with Gasteiger partial charge in [0.2, 0.25) is 0 Å². The van der Waals surface area contributed by atoms with Gasteiger partial charge in [-0.25, -0.2) is 19.3 Å². The van der Waals surface area contributed by atoms with Crippen LogP contribution in [0, 0.1) is 6.92 Å². The number of thiazole rings is 1. The van der Waals surface area contributed by atoms with E-state index in [0.29, 0.717) is 44.0 Å². The summed E-state index contributed by atoms with van der Waals surface area (Å²) in [6.07, 6.45) is 6.85. The first-order valence-corrected chi connectivity index (χ1v) is 16.5. The average Bonchev–Trinajstić information content (AvgIpc) is 3.69. The van der Waals surface area contributed by atoms with Crippen molar-refractivity contribution in [3.8, 4) is 22.7 Å². The lowest BCUT2D eigenvalue weighted by Crippen LogP contribution is -2.40. The Kier molecular flexibility index (Phi) is 9.87. The van der Waals surface area contributed by atoms with Crippen LogP contribution < -0.4 is 19.6 Å². The maximum absolute atomic E-state index is 14.4. The number of allylic oxidation sites excluding steroid dienone is 1. The van der Waals surface area contributed by atoms with Gasteiger partial charge in [0, 0.05) is 17.3 Å². The monoisotopic (exact) mass is 686 g/mol. The molecule has 5 aromatic rings. The van der Waals surface area contributed by atoms with E-state index in [1.165, 1.54) is 29.1 Å². The zero-order chi connectivity index (χ0) is 35.4. The number of rotatable bonds is 11. The van der Waals surface area contributed by atoms with Crippen molar-refractivity contribution in [1.29, 1.82) is 0 Å². The number of carbonyl (C=O) groups is 2. The molecular weight excluding hydrogens is 653 g/mol. The van der Waals surface area contributed by atoms with E-state index in [4.69, 9.17) is 24.3 Å². The fourth-order valence-corrected chi connectivity index (χ4v) is 6.75. The Bertz CT molecular complexity index is 2330. The molecule has 0 spiro atoms. The number of aryl methyl sites for hydroxylation is 1. The highest BCUT2D eigenvalue weighted by Gasteiger charge is 2.33. The molecule has 0 aliphatic carbocycles. The number of methoxy groups -OCH3 is 1. The van der Waals surface area contributed by atoms with Crippen molar-refractivity contribution in [1.82, 2.24) is 14.3 Å². The lowest BCUT2D eigenvalue weighted by molar-refractivity contribution is -0.138. The zero-order valence-electron chi connectivity index (χ0n) is 27.8. The number of aromatic nitrogens is 3. The van der Waals surface area contributed by atoms with Gasteiger partial charge in [-0.05, 0) is 73.5 Å². The molecule has 10 nitrogen and oxygen atoms in total. The Labute approximate surface area is 292 Å². The highest BCUT2D eigenvalue weighted by Crippen LogP contribution is 2.32. The number of benzene rings is 3. The van der Waals surface area contributed by atoms with Crippen LogP contribution in [-0.4, -0.2) is 46.6 Å². The molecule has 0 saturated carbocycles. The fraction of sp³-hybridized carbons (Fsp3) is 0.154. The van der Waals surface area contributed by atoms with E-state index in [2.05, 4.69) is 13.2 Å². The summed E-state index contributed by atoms with van der Waals surface area (Å²) < 4.78 is 19.8. The first-order chi connectivity index (χ1) is 24.2. The van der Waals surface area contributed by atoms with Crippen LogP contribution >= 0.6 is 11.3 Å². The fourth-order valence-electron chi connectivity index (χ4n) is 5.71. The van der Waals surface area contributed by atoms with Gasteiger partial charge in [0.15, 0.2) is 4.80 Å². The topological polar surface area (TPSA) is 114 Å². The summed E-state index contributed by atoms with van der Waals surface area (Å²) in [7, 11) is 1.30. The third kappa shape index (κ3) is 6.63. The van der Waals surface area contributed by atoms with Crippen molar-refractivity contribution in [2.24, 2.45) is 4.99 Å². The quantitative estimate of drug-likeness (QED) is 0.134. The molecule has 11 heteroatoms. The van der Waals surface area contributed by atoms with Crippen LogP contribution in [-0.2, 0) is 14.3 Å². The van der Waals surface area contributed by atoms with Crippen LogP contribution in [0.4, 0.5) is 0 Å². The van der Waals surface area contributed by atoms with E-state index < -0.39 is 18.0 Å². The molecular formula is C39H34N4O6S. The Morgan fingerprint density at radius 3 is 2.38 bits per heavy atom. The van der Waals surface area contributed by atoms with Gasteiger partial charge in [-0.1, -0.05) is 67.0 Å². The van der Waals surface area contributed by atoms with Crippen molar-refractivity contribution in [2.45, 2.75) is 19.9 Å². The summed E-state index contributed by atoms with van der Waals surface area (Å²) in [5, 5.41) is 4.94. The second kappa shape index (κ2) is 14.6. The Morgan fingerprint density at radius 1 is 0.960 bits per heavy atom. The Hall–Kier alpha value is -6.07. The standard InChI is InChI=1S/C39H34N4O6S/c1-6-19-48-31-18-17-28(21-24(31)3)34-29(23-42(41-34)30-11-9-8-10-12-30)22-32-36(44)43-35(26-13-15-27(16-14-26)37(45)47-5)33(38(46)49-20-7-2)25(4)40-39(43)50-32/h6-18,21-23,35H,1-2,19-20H2,3-5H3/b32-22-/t35-/m0/s1. The second-order valence-electron chi connectivity index (χ2n) is 11.4. The lowest BCUT2D eigenvalue weighted by Gasteiger charge is -2.24. The molecule has 3 heterocycles. The van der Waals surface area contributed by atoms with E-state index in [1.807, 2.05) is 61.7 Å². The number of para-hydroxylation sites is 1. The van der Waals surface area contributed by atoms with Crippen molar-refractivity contribution in [2.75, 3.05) is 20.3 Å². The van der Waals surface area contributed by atoms with Crippen LogP contribution in [0.15, 0.2) is 125 Å². The van der Waals surface area contributed by atoms with Crippen LogP contribution in [0.3, 0.4) is 0 Å². The first-order valence-electron chi connectivity index (χ1n) is 15.7. The third-order valence-corrected chi connectivity index (χ3v) is 9.06. The summed E-state index contributed by atoms with van der Waals surface area (Å²) in [5.41, 5.74) is 5.20. The molecule has 1 aliphatic rings. The molecule has 0 radical (unpaired) electrons. The molecule has 0 unspecified atom stereocenters. The summed E-state index contributed by atoms with van der Waals surface area (Å²) >= 11 is 1.21. The van der Waals surface area contributed by atoms with Gasteiger partial charge in [-0.15, -0.1) is 0 Å². The van der Waals surface area contributed by atoms with Crippen LogP contribution in [0.25, 0.3) is 23.0 Å². The molecule has 0 fully saturated rings. The molecule has 0 amide bonds. The summed E-state index contributed by atoms with van der Waals surface area (Å²) in [6.45, 7) is 11.4. The van der Waals surface area contributed by atoms with Crippen molar-refractivity contribution >= 4 is 29.4 Å². The van der Waals surface area contributed by atoms with Crippen LogP contribution in [0.1, 0.15) is 40.0 Å². The molecule has 252 valence electrons. The predicted octanol–water partition coefficient (Wildman–Crippen LogP) is 5.48. The molecule has 0 bridgehead atoms. The minimum atomic E-state index is -0.866. The molecule has 2 aromatic heterocycles. The highest BCUT2D eigenvalue weighted by atomic mass is 32.1. The number of carbonyl (C=O) groups excluding carboxylic acids is 2. The molecule has 6 rings (SSSR count). The summed E-state index contributed by atoms with van der Waals surface area (Å²) in [4.78, 5) is 45.1. The SMILES string of the molecule is C=CCOC(=O)C1=C(C)N=c2s/c(=C\c3cn(-c4ccccc4)nc3-c3ccc(OCC=C)c(C)c3)c(=O)n2[C@H]1c1ccc(C(=O)OC)cc1. The number of hydrogen-bond acceptors (Lipinski definition) is 9. The number of ether oxygens (including phenoxy) is 3. The average molecular weight is 687 g/mol. The number of esters is 2. The van der Waals surface area contributed by atoms with Crippen molar-refractivity contribution in [3.63, 3.8) is 0 Å². The van der Waals surface area contributed by atoms with E-state index in [9.17, 15) is 14.4 Å². The first kappa shape index (κ1) is 33.8. The van der Waals surface area contributed by atoms with Gasteiger partial charge in [0.25, 0.3) is 5.56 Å². The zero-order valence-corrected chi connectivity index (χ0v) is 28.6. The lowest BCUT2D eigenvalue weighted by atomic mass is 9.95. The van der Waals surface area contributed by atoms with E-state index in [0.717, 1.165) is 22.6 Å². The van der Waals surface area contributed by atoms with Crippen molar-refractivity contribution < 1.29 is 23.8 Å². The number of fused-ring (bicyclic) bond motifs is 1. The maximum Gasteiger partial charge on any atom is 0.338 e.